The van der Waals surface area contributed by atoms with Gasteiger partial charge in [-0.05, 0) is 24.3 Å². The standard InChI is InChI=1S/C19H24N2O2/c22-18(16-23-19-9-5-2-6-10-19)15-20-11-13-21(14-12-20)17-7-3-1-4-8-17/h1-10,18,22H,11-16H2/p+1/t18-/m0/s1. The molecule has 122 valence electrons. The topological polar surface area (TPSA) is 37.1 Å². The Kier molecular flexibility index (Phi) is 5.51. The molecule has 1 fully saturated rings. The highest BCUT2D eigenvalue weighted by Gasteiger charge is 2.22. The first kappa shape index (κ1) is 15.8. The smallest absolute Gasteiger partial charge is 0.137 e. The third-order valence-corrected chi connectivity index (χ3v) is 4.30. The highest BCUT2D eigenvalue weighted by Crippen LogP contribution is 2.12. The average Bonchev–Trinajstić information content (AvgIpc) is 2.62. The fraction of sp³-hybridized carbons (Fsp3) is 0.368. The van der Waals surface area contributed by atoms with Gasteiger partial charge in [-0.15, -0.1) is 0 Å². The van der Waals surface area contributed by atoms with E-state index in [0.29, 0.717) is 6.61 Å². The number of piperazine rings is 1. The molecule has 0 unspecified atom stereocenters. The van der Waals surface area contributed by atoms with Gasteiger partial charge in [0.05, 0.1) is 26.2 Å². The molecule has 0 spiro atoms. The number of nitrogens with one attached hydrogen (secondary N) is 1. The number of hydrogen-bond donors (Lipinski definition) is 2. The molecule has 4 heteroatoms. The van der Waals surface area contributed by atoms with E-state index in [9.17, 15) is 5.11 Å². The maximum Gasteiger partial charge on any atom is 0.137 e. The largest absolute Gasteiger partial charge is 0.491 e. The molecule has 1 atom stereocenters. The van der Waals surface area contributed by atoms with Gasteiger partial charge in [-0.2, -0.15) is 0 Å². The minimum absolute atomic E-state index is 0.357. The van der Waals surface area contributed by atoms with Gasteiger partial charge in [-0.3, -0.25) is 0 Å². The molecule has 1 heterocycles. The molecule has 2 aromatic rings. The van der Waals surface area contributed by atoms with Crippen LogP contribution in [0.5, 0.6) is 5.75 Å². The summed E-state index contributed by atoms with van der Waals surface area (Å²) in [5, 5.41) is 10.2. The minimum atomic E-state index is -0.423. The average molecular weight is 313 g/mol. The molecule has 2 N–H and O–H groups in total. The lowest BCUT2D eigenvalue weighted by Gasteiger charge is -2.34. The summed E-state index contributed by atoms with van der Waals surface area (Å²) in [7, 11) is 0. The van der Waals surface area contributed by atoms with Crippen LogP contribution in [0.2, 0.25) is 0 Å². The molecule has 1 saturated heterocycles. The Morgan fingerprint density at radius 1 is 0.957 bits per heavy atom. The lowest BCUT2D eigenvalue weighted by atomic mass is 10.2. The first-order valence-electron chi connectivity index (χ1n) is 8.31. The number of nitrogens with zero attached hydrogens (tertiary/aromatic N) is 1. The molecule has 1 aliphatic rings. The number of hydrogen-bond acceptors (Lipinski definition) is 3. The Balaban J connectivity index is 1.40. The number of anilines is 1. The molecule has 1 aliphatic heterocycles. The van der Waals surface area contributed by atoms with Crippen LogP contribution in [0.4, 0.5) is 5.69 Å². The van der Waals surface area contributed by atoms with Gasteiger partial charge >= 0.3 is 0 Å². The van der Waals surface area contributed by atoms with Crippen molar-refractivity contribution in [3.63, 3.8) is 0 Å². The third kappa shape index (κ3) is 4.71. The summed E-state index contributed by atoms with van der Waals surface area (Å²) >= 11 is 0. The van der Waals surface area contributed by atoms with Gasteiger partial charge in [0.1, 0.15) is 25.0 Å². The zero-order valence-corrected chi connectivity index (χ0v) is 13.4. The van der Waals surface area contributed by atoms with Crippen LogP contribution in [0.1, 0.15) is 0 Å². The number of ether oxygens (including phenoxy) is 1. The second-order valence-electron chi connectivity index (χ2n) is 6.05. The molecule has 0 aliphatic carbocycles. The van der Waals surface area contributed by atoms with Crippen molar-refractivity contribution in [3.8, 4) is 5.75 Å². The third-order valence-electron chi connectivity index (χ3n) is 4.30. The molecule has 3 rings (SSSR count). The van der Waals surface area contributed by atoms with E-state index in [1.807, 2.05) is 36.4 Å². The van der Waals surface area contributed by atoms with Gasteiger partial charge in [0.25, 0.3) is 0 Å². The van der Waals surface area contributed by atoms with Gasteiger partial charge in [-0.1, -0.05) is 36.4 Å². The molecular formula is C19H25N2O2+. The molecule has 0 bridgehead atoms. The number of benzene rings is 2. The van der Waals surface area contributed by atoms with E-state index < -0.39 is 6.10 Å². The van der Waals surface area contributed by atoms with E-state index in [-0.39, 0.29) is 0 Å². The molecule has 0 radical (unpaired) electrons. The number of aliphatic hydroxyl groups excluding tert-OH is 1. The van der Waals surface area contributed by atoms with E-state index in [1.54, 1.807) is 0 Å². The maximum absolute atomic E-state index is 10.2. The van der Waals surface area contributed by atoms with Crippen LogP contribution in [0.25, 0.3) is 0 Å². The molecule has 23 heavy (non-hydrogen) atoms. The maximum atomic E-state index is 10.2. The summed E-state index contributed by atoms with van der Waals surface area (Å²) in [6.45, 7) is 5.27. The van der Waals surface area contributed by atoms with E-state index in [1.165, 1.54) is 10.6 Å². The Morgan fingerprint density at radius 3 is 2.22 bits per heavy atom. The fourth-order valence-corrected chi connectivity index (χ4v) is 3.03. The summed E-state index contributed by atoms with van der Waals surface area (Å²) in [5.74, 6) is 0.815. The van der Waals surface area contributed by atoms with Crippen LogP contribution in [0.3, 0.4) is 0 Å². The lowest BCUT2D eigenvalue weighted by Crippen LogP contribution is -3.16. The Labute approximate surface area is 137 Å². The van der Waals surface area contributed by atoms with Gasteiger partial charge in [0.15, 0.2) is 0 Å². The summed E-state index contributed by atoms with van der Waals surface area (Å²) in [6, 6.07) is 20.2. The summed E-state index contributed by atoms with van der Waals surface area (Å²) in [6.07, 6.45) is -0.423. The van der Waals surface area contributed by atoms with Gasteiger partial charge in [0, 0.05) is 5.69 Å². The van der Waals surface area contributed by atoms with Crippen LogP contribution < -0.4 is 14.5 Å². The fourth-order valence-electron chi connectivity index (χ4n) is 3.03. The van der Waals surface area contributed by atoms with Crippen molar-refractivity contribution in [2.45, 2.75) is 6.10 Å². The predicted octanol–water partition coefficient (Wildman–Crippen LogP) is 0.831. The normalized spacial score (nSPS) is 17.0. The Hall–Kier alpha value is -2.04. The Bertz CT molecular complexity index is 568. The number of aliphatic hydroxyl groups is 1. The van der Waals surface area contributed by atoms with Gasteiger partial charge in [0.2, 0.25) is 0 Å². The van der Waals surface area contributed by atoms with E-state index in [0.717, 1.165) is 38.5 Å². The second-order valence-corrected chi connectivity index (χ2v) is 6.05. The SMILES string of the molecule is O[C@H](COc1ccccc1)C[NH+]1CCN(c2ccccc2)CC1. The molecule has 0 amide bonds. The van der Waals surface area contributed by atoms with Crippen LogP contribution >= 0.6 is 0 Å². The highest BCUT2D eigenvalue weighted by atomic mass is 16.5. The van der Waals surface area contributed by atoms with Crippen molar-refractivity contribution < 1.29 is 14.7 Å². The van der Waals surface area contributed by atoms with Crippen LogP contribution in [0.15, 0.2) is 60.7 Å². The number of para-hydroxylation sites is 2. The molecule has 4 nitrogen and oxygen atoms in total. The number of rotatable bonds is 6. The van der Waals surface area contributed by atoms with Crippen molar-refractivity contribution >= 4 is 5.69 Å². The van der Waals surface area contributed by atoms with Crippen molar-refractivity contribution in [2.75, 3.05) is 44.2 Å². The summed E-state index contributed by atoms with van der Waals surface area (Å²) < 4.78 is 5.63. The number of quaternary nitrogens is 1. The monoisotopic (exact) mass is 313 g/mol. The lowest BCUT2D eigenvalue weighted by molar-refractivity contribution is -0.903. The van der Waals surface area contributed by atoms with E-state index >= 15 is 0 Å². The minimum Gasteiger partial charge on any atom is -0.491 e. The summed E-state index contributed by atoms with van der Waals surface area (Å²) in [5.41, 5.74) is 1.29. The zero-order chi connectivity index (χ0) is 15.9. The summed E-state index contributed by atoms with van der Waals surface area (Å²) in [4.78, 5) is 3.86. The molecule has 2 aromatic carbocycles. The first-order chi connectivity index (χ1) is 11.3. The molecular weight excluding hydrogens is 288 g/mol. The van der Waals surface area contributed by atoms with Crippen molar-refractivity contribution in [3.05, 3.63) is 60.7 Å². The molecule has 0 saturated carbocycles. The van der Waals surface area contributed by atoms with Crippen LogP contribution in [-0.4, -0.2) is 50.5 Å². The van der Waals surface area contributed by atoms with Crippen LogP contribution in [-0.2, 0) is 0 Å². The van der Waals surface area contributed by atoms with Gasteiger partial charge < -0.3 is 19.6 Å². The van der Waals surface area contributed by atoms with E-state index in [2.05, 4.69) is 29.2 Å². The van der Waals surface area contributed by atoms with Crippen molar-refractivity contribution in [1.29, 1.82) is 0 Å². The Morgan fingerprint density at radius 2 is 1.57 bits per heavy atom. The zero-order valence-electron chi connectivity index (χ0n) is 13.4. The quantitative estimate of drug-likeness (QED) is 0.829. The predicted molar refractivity (Wildman–Crippen MR) is 92.2 cm³/mol. The van der Waals surface area contributed by atoms with E-state index in [4.69, 9.17) is 4.74 Å². The van der Waals surface area contributed by atoms with Crippen molar-refractivity contribution in [1.82, 2.24) is 0 Å². The van der Waals surface area contributed by atoms with Gasteiger partial charge in [-0.25, -0.2) is 0 Å². The first-order valence-corrected chi connectivity index (χ1v) is 8.31. The second kappa shape index (κ2) is 7.99. The van der Waals surface area contributed by atoms with Crippen molar-refractivity contribution in [2.24, 2.45) is 0 Å². The molecule has 0 aromatic heterocycles. The highest BCUT2D eigenvalue weighted by molar-refractivity contribution is 5.46. The van der Waals surface area contributed by atoms with Crippen LogP contribution in [0, 0.1) is 0 Å².